The highest BCUT2D eigenvalue weighted by Gasteiger charge is 2.57. The number of fused-ring (bicyclic) bond motifs is 3. The second-order valence-corrected chi connectivity index (χ2v) is 11.8. The number of methoxy groups -OCH3 is 1. The van der Waals surface area contributed by atoms with E-state index in [0.29, 0.717) is 22.4 Å². The highest BCUT2D eigenvalue weighted by molar-refractivity contribution is 6.00. The van der Waals surface area contributed by atoms with Crippen molar-refractivity contribution in [2.24, 2.45) is 5.73 Å². The van der Waals surface area contributed by atoms with Gasteiger partial charge in [-0.3, -0.25) is 14.3 Å². The lowest BCUT2D eigenvalue weighted by Gasteiger charge is -2.31. The zero-order valence-electron chi connectivity index (χ0n) is 24.6. The number of nitrogens with two attached hydrogens (primary N) is 1. The number of nitrogens with zero attached hydrogens (tertiary/aromatic N) is 3. The molecule has 0 unspecified atom stereocenters. The topological polar surface area (TPSA) is 160 Å². The van der Waals surface area contributed by atoms with Gasteiger partial charge in [0.25, 0.3) is 5.91 Å². The molecular weight excluding hydrogens is 611 g/mol. The largest absolute Gasteiger partial charge is 0.494 e. The molecule has 2 aromatic carbocycles. The van der Waals surface area contributed by atoms with Crippen LogP contribution in [0.2, 0.25) is 0 Å². The van der Waals surface area contributed by atoms with Crippen molar-refractivity contribution in [1.29, 1.82) is 0 Å². The van der Waals surface area contributed by atoms with Crippen molar-refractivity contribution < 1.29 is 46.8 Å². The Kier molecular flexibility index (Phi) is 6.60. The number of ether oxygens (including phenoxy) is 4. The molecule has 4 heterocycles. The Morgan fingerprint density at radius 2 is 1.91 bits per heavy atom. The molecule has 46 heavy (non-hydrogen) atoms. The van der Waals surface area contributed by atoms with E-state index in [9.17, 15) is 27.9 Å². The molecule has 0 spiro atoms. The number of pyridine rings is 1. The maximum Gasteiger partial charge on any atom is 0.424 e. The number of carbonyl (C=O) groups excluding carboxylic acids is 2. The van der Waals surface area contributed by atoms with Crippen LogP contribution in [0.4, 0.5) is 13.2 Å². The fraction of sp³-hybridized carbons (Fsp3) is 0.355. The average Bonchev–Trinajstić information content (AvgIpc) is 3.45. The van der Waals surface area contributed by atoms with E-state index in [1.54, 1.807) is 16.9 Å². The predicted octanol–water partition coefficient (Wildman–Crippen LogP) is 3.49. The summed E-state index contributed by atoms with van der Waals surface area (Å²) in [6.07, 6.45) is -1.64. The van der Waals surface area contributed by atoms with E-state index in [4.69, 9.17) is 24.7 Å². The van der Waals surface area contributed by atoms with Gasteiger partial charge in [-0.25, -0.2) is 4.98 Å². The smallest absolute Gasteiger partial charge is 0.424 e. The molecule has 240 valence electrons. The molecule has 2 aliphatic heterocycles. The molecule has 0 radical (unpaired) electrons. The van der Waals surface area contributed by atoms with Gasteiger partial charge in [0.2, 0.25) is 18.3 Å². The van der Waals surface area contributed by atoms with Crippen molar-refractivity contribution in [1.82, 2.24) is 20.1 Å². The lowest BCUT2D eigenvalue weighted by molar-refractivity contribution is -0.265. The van der Waals surface area contributed by atoms with E-state index in [1.165, 1.54) is 38.3 Å². The molecule has 3 aliphatic rings. The minimum atomic E-state index is -5.33. The Bertz CT molecular complexity index is 1920. The number of amides is 2. The van der Waals surface area contributed by atoms with Crippen molar-refractivity contribution in [2.45, 2.75) is 43.0 Å². The van der Waals surface area contributed by atoms with E-state index in [2.05, 4.69) is 15.4 Å². The minimum Gasteiger partial charge on any atom is -0.494 e. The van der Waals surface area contributed by atoms with Crippen LogP contribution in [0.1, 0.15) is 47.4 Å². The predicted molar refractivity (Wildman–Crippen MR) is 155 cm³/mol. The fourth-order valence-corrected chi connectivity index (χ4v) is 5.62. The Hall–Kier alpha value is -5.05. The number of hydrogen-bond acceptors (Lipinski definition) is 9. The first-order valence-corrected chi connectivity index (χ1v) is 14.4. The van der Waals surface area contributed by atoms with Gasteiger partial charge in [-0.15, -0.1) is 0 Å². The number of aromatic nitrogens is 3. The van der Waals surface area contributed by atoms with E-state index < -0.39 is 41.2 Å². The minimum absolute atomic E-state index is 0.00175. The number of halogens is 3. The number of nitrogens with one attached hydrogen (secondary N) is 1. The van der Waals surface area contributed by atoms with Crippen molar-refractivity contribution >= 4 is 22.7 Å². The highest BCUT2D eigenvalue weighted by Crippen LogP contribution is 2.49. The van der Waals surface area contributed by atoms with Gasteiger partial charge in [0.1, 0.15) is 34.7 Å². The Morgan fingerprint density at radius 1 is 1.15 bits per heavy atom. The number of hydrogen-bond donors (Lipinski definition) is 3. The van der Waals surface area contributed by atoms with Crippen molar-refractivity contribution in [2.75, 3.05) is 27.1 Å². The molecule has 1 saturated carbocycles. The van der Waals surface area contributed by atoms with E-state index in [0.717, 1.165) is 18.9 Å². The summed E-state index contributed by atoms with van der Waals surface area (Å²) in [7, 11) is 1.40. The van der Waals surface area contributed by atoms with Crippen LogP contribution in [0, 0.1) is 0 Å². The summed E-state index contributed by atoms with van der Waals surface area (Å²) in [4.78, 5) is 30.0. The summed E-state index contributed by atoms with van der Waals surface area (Å²) in [5.74, 6) is -0.703. The quantitative estimate of drug-likeness (QED) is 0.262. The molecule has 1 fully saturated rings. The van der Waals surface area contributed by atoms with E-state index in [1.807, 2.05) is 0 Å². The van der Waals surface area contributed by atoms with Crippen molar-refractivity contribution in [3.8, 4) is 34.3 Å². The second kappa shape index (κ2) is 10.2. The molecule has 7 rings (SSSR count). The first-order chi connectivity index (χ1) is 21.8. The van der Waals surface area contributed by atoms with Crippen LogP contribution in [0.25, 0.3) is 22.2 Å². The maximum atomic E-state index is 14.8. The first-order valence-electron chi connectivity index (χ1n) is 14.4. The molecule has 2 atom stereocenters. The monoisotopic (exact) mass is 639 g/mol. The summed E-state index contributed by atoms with van der Waals surface area (Å²) in [6.45, 7) is -0.186. The van der Waals surface area contributed by atoms with Crippen LogP contribution in [0.5, 0.6) is 23.0 Å². The van der Waals surface area contributed by atoms with Gasteiger partial charge in [-0.2, -0.15) is 18.3 Å². The summed E-state index contributed by atoms with van der Waals surface area (Å²) < 4.78 is 68.2. The normalized spacial score (nSPS) is 19.8. The average molecular weight is 640 g/mol. The van der Waals surface area contributed by atoms with Gasteiger partial charge in [0.05, 0.1) is 25.4 Å². The Labute approximate surface area is 259 Å². The standard InChI is InChI=1S/C31H28F3N5O7/c1-29(28(35)41)13-44-26-19(29)10-23(37-25(26)15-3-6-20-21(8-15)46-14-45-20)30(42,31(32,33)34)12-36-27(40)16-7-17-11-39(18-4-5-18)38-24(17)22(9-16)43-2/h3,6-11,18,42H,4-5,12-14H2,1-2H3,(H2,35,41)(H,36,40)/t29-,30-/m0/s1. The fourth-order valence-electron chi connectivity index (χ4n) is 5.62. The SMILES string of the molecule is COc1cc(C(=O)NC[C@](O)(c2cc3c(c(-c4ccc5c(c4)OCO5)n2)OC[C@]3(C)C(N)=O)C(F)(F)F)cc2cn(C3CC3)nc12. The van der Waals surface area contributed by atoms with Gasteiger partial charge in [0, 0.05) is 28.3 Å². The third-order valence-corrected chi connectivity index (χ3v) is 8.65. The van der Waals surface area contributed by atoms with E-state index >= 15 is 0 Å². The van der Waals surface area contributed by atoms with Gasteiger partial charge >= 0.3 is 6.18 Å². The van der Waals surface area contributed by atoms with Crippen molar-refractivity contribution in [3.05, 3.63) is 59.4 Å². The number of carbonyl (C=O) groups is 2. The molecule has 2 aromatic heterocycles. The molecule has 2 amide bonds. The van der Waals surface area contributed by atoms with Gasteiger partial charge < -0.3 is 35.1 Å². The van der Waals surface area contributed by atoms with Gasteiger partial charge in [0.15, 0.2) is 11.5 Å². The molecule has 0 saturated heterocycles. The maximum absolute atomic E-state index is 14.8. The molecule has 4 aromatic rings. The summed E-state index contributed by atoms with van der Waals surface area (Å²) in [5, 5.41) is 18.7. The molecule has 12 nitrogen and oxygen atoms in total. The van der Waals surface area contributed by atoms with Crippen LogP contribution in [0.3, 0.4) is 0 Å². The van der Waals surface area contributed by atoms with E-state index in [-0.39, 0.29) is 53.3 Å². The second-order valence-electron chi connectivity index (χ2n) is 11.8. The lowest BCUT2D eigenvalue weighted by Crippen LogP contribution is -2.51. The van der Waals surface area contributed by atoms with Gasteiger partial charge in [-0.1, -0.05) is 0 Å². The van der Waals surface area contributed by atoms with Crippen molar-refractivity contribution in [3.63, 3.8) is 0 Å². The highest BCUT2D eigenvalue weighted by atomic mass is 19.4. The number of alkyl halides is 3. The molecule has 4 N–H and O–H groups in total. The zero-order chi connectivity index (χ0) is 32.6. The summed E-state index contributed by atoms with van der Waals surface area (Å²) >= 11 is 0. The molecular formula is C31H28F3N5O7. The molecule has 1 aliphatic carbocycles. The summed E-state index contributed by atoms with van der Waals surface area (Å²) in [5.41, 5.74) is 0.265. The third kappa shape index (κ3) is 4.64. The number of rotatable bonds is 8. The lowest BCUT2D eigenvalue weighted by atomic mass is 9.81. The molecule has 0 bridgehead atoms. The van der Waals surface area contributed by atoms with Gasteiger partial charge in [-0.05, 0) is 56.2 Å². The van der Waals surface area contributed by atoms with Crippen LogP contribution in [0.15, 0.2) is 42.6 Å². The van der Waals surface area contributed by atoms with Crippen LogP contribution in [-0.2, 0) is 15.8 Å². The van der Waals surface area contributed by atoms with Crippen LogP contribution >= 0.6 is 0 Å². The number of primary amides is 1. The third-order valence-electron chi connectivity index (χ3n) is 8.65. The summed E-state index contributed by atoms with van der Waals surface area (Å²) in [6, 6.07) is 8.65. The van der Waals surface area contributed by atoms with Crippen LogP contribution < -0.4 is 30.0 Å². The zero-order valence-corrected chi connectivity index (χ0v) is 24.6. The number of aliphatic hydroxyl groups is 1. The van der Waals surface area contributed by atoms with Crippen LogP contribution in [-0.4, -0.2) is 64.9 Å². The Morgan fingerprint density at radius 3 is 2.61 bits per heavy atom. The Balaban J connectivity index is 1.28. The molecule has 15 heteroatoms. The first kappa shape index (κ1) is 29.6. The number of benzene rings is 2.